The van der Waals surface area contributed by atoms with E-state index in [1.165, 1.54) is 0 Å². The first-order valence-electron chi connectivity index (χ1n) is 6.93. The molecule has 1 rings (SSSR count). The van der Waals surface area contributed by atoms with Crippen LogP contribution in [0.5, 0.6) is 0 Å². The number of rotatable bonds is 7. The molecule has 1 aromatic rings. The van der Waals surface area contributed by atoms with Crippen LogP contribution in [-0.4, -0.2) is 10.9 Å². The van der Waals surface area contributed by atoms with Crippen LogP contribution >= 0.6 is 39.7 Å². The number of carbonyl (C=O) groups excluding carboxylic acids is 1. The molecule has 0 aliphatic heterocycles. The predicted molar refractivity (Wildman–Crippen MR) is 96.8 cm³/mol. The minimum Gasteiger partial charge on any atom is -0.392 e. The van der Waals surface area contributed by atoms with Crippen molar-refractivity contribution in [3.8, 4) is 0 Å². The lowest BCUT2D eigenvalue weighted by molar-refractivity contribution is -0.122. The van der Waals surface area contributed by atoms with E-state index >= 15 is 0 Å². The summed E-state index contributed by atoms with van der Waals surface area (Å²) in [6.07, 6.45) is 2.97. The molecule has 3 N–H and O–H groups in total. The maximum absolute atomic E-state index is 12.8. The highest BCUT2D eigenvalue weighted by molar-refractivity contribution is 9.10. The first-order valence-corrected chi connectivity index (χ1v) is 8.51. The molecule has 1 amide bonds. The van der Waals surface area contributed by atoms with E-state index in [2.05, 4.69) is 21.2 Å². The molecule has 0 atom stereocenters. The average Bonchev–Trinajstić information content (AvgIpc) is 2.41. The van der Waals surface area contributed by atoms with Crippen molar-refractivity contribution >= 4 is 56.3 Å². The summed E-state index contributed by atoms with van der Waals surface area (Å²) in [7, 11) is 0. The number of hydrogen-bond donors (Lipinski definition) is 2. The van der Waals surface area contributed by atoms with Gasteiger partial charge in [0.05, 0.1) is 16.1 Å². The normalized spacial score (nSPS) is 11.2. The van der Waals surface area contributed by atoms with E-state index in [4.69, 9.17) is 29.6 Å². The Hall–Kier alpha value is -0.650. The lowest BCUT2D eigenvalue weighted by Gasteiger charge is -2.31. The number of nitrogens with two attached hydrogens (primary N) is 1. The first-order chi connectivity index (χ1) is 9.87. The van der Waals surface area contributed by atoms with E-state index in [0.717, 1.165) is 17.3 Å². The van der Waals surface area contributed by atoms with Crippen LogP contribution in [0.3, 0.4) is 0 Å². The molecular formula is C15H20BrClN2OS. The number of benzene rings is 1. The number of nitrogens with one attached hydrogen (secondary N) is 1. The van der Waals surface area contributed by atoms with Gasteiger partial charge >= 0.3 is 0 Å². The second kappa shape index (κ2) is 8.11. The van der Waals surface area contributed by atoms with Crippen molar-refractivity contribution in [2.75, 3.05) is 5.32 Å². The Morgan fingerprint density at radius 3 is 2.38 bits per heavy atom. The van der Waals surface area contributed by atoms with Crippen molar-refractivity contribution < 1.29 is 4.79 Å². The number of carbonyl (C=O) groups is 1. The van der Waals surface area contributed by atoms with Gasteiger partial charge in [-0.05, 0) is 47.0 Å². The molecule has 0 unspecified atom stereocenters. The fourth-order valence-corrected chi connectivity index (χ4v) is 3.48. The van der Waals surface area contributed by atoms with Gasteiger partial charge in [0.1, 0.15) is 0 Å². The van der Waals surface area contributed by atoms with Gasteiger partial charge in [0.15, 0.2) is 0 Å². The standard InChI is InChI=1S/C15H20BrClN2OS/c1-3-7-15(8-4-2,13(18)21)14(20)19-12-6-5-10(17)9-11(12)16/h5-6,9H,3-4,7-8H2,1-2H3,(H2,18,21)(H,19,20). The first kappa shape index (κ1) is 18.4. The third-order valence-corrected chi connectivity index (χ3v) is 4.72. The zero-order chi connectivity index (χ0) is 16.0. The van der Waals surface area contributed by atoms with Crippen molar-refractivity contribution in [3.63, 3.8) is 0 Å². The Labute approximate surface area is 144 Å². The highest BCUT2D eigenvalue weighted by atomic mass is 79.9. The van der Waals surface area contributed by atoms with E-state index in [1.807, 2.05) is 13.8 Å². The van der Waals surface area contributed by atoms with Crippen molar-refractivity contribution in [1.82, 2.24) is 0 Å². The van der Waals surface area contributed by atoms with E-state index in [-0.39, 0.29) is 10.9 Å². The fourth-order valence-electron chi connectivity index (χ4n) is 2.40. The highest BCUT2D eigenvalue weighted by Crippen LogP contribution is 2.34. The van der Waals surface area contributed by atoms with Gasteiger partial charge in [0.25, 0.3) is 0 Å². The highest BCUT2D eigenvalue weighted by Gasteiger charge is 2.40. The Morgan fingerprint density at radius 1 is 1.38 bits per heavy atom. The summed E-state index contributed by atoms with van der Waals surface area (Å²) in [5, 5.41) is 3.52. The van der Waals surface area contributed by atoms with Gasteiger partial charge in [-0.25, -0.2) is 0 Å². The zero-order valence-electron chi connectivity index (χ0n) is 12.2. The van der Waals surface area contributed by atoms with Gasteiger partial charge in [-0.3, -0.25) is 4.79 Å². The van der Waals surface area contributed by atoms with E-state index < -0.39 is 5.41 Å². The summed E-state index contributed by atoms with van der Waals surface area (Å²) >= 11 is 14.5. The molecule has 0 aromatic heterocycles. The largest absolute Gasteiger partial charge is 0.392 e. The van der Waals surface area contributed by atoms with Crippen LogP contribution in [0, 0.1) is 5.41 Å². The second-order valence-electron chi connectivity index (χ2n) is 5.02. The number of amides is 1. The molecule has 21 heavy (non-hydrogen) atoms. The van der Waals surface area contributed by atoms with Crippen LogP contribution in [0.4, 0.5) is 5.69 Å². The van der Waals surface area contributed by atoms with E-state index in [0.29, 0.717) is 23.6 Å². The van der Waals surface area contributed by atoms with Gasteiger partial charge in [-0.2, -0.15) is 0 Å². The molecule has 3 nitrogen and oxygen atoms in total. The summed E-state index contributed by atoms with van der Waals surface area (Å²) in [5.41, 5.74) is 5.77. The van der Waals surface area contributed by atoms with Gasteiger partial charge in [0.2, 0.25) is 5.91 Å². The van der Waals surface area contributed by atoms with E-state index in [9.17, 15) is 4.79 Å². The number of anilines is 1. The Balaban J connectivity index is 3.08. The topological polar surface area (TPSA) is 55.1 Å². The van der Waals surface area contributed by atoms with Crippen LogP contribution in [0.25, 0.3) is 0 Å². The Morgan fingerprint density at radius 2 is 1.95 bits per heavy atom. The van der Waals surface area contributed by atoms with Crippen molar-refractivity contribution in [1.29, 1.82) is 0 Å². The number of hydrogen-bond acceptors (Lipinski definition) is 2. The molecule has 0 fully saturated rings. The summed E-state index contributed by atoms with van der Waals surface area (Å²) in [6, 6.07) is 5.22. The maximum atomic E-state index is 12.8. The third-order valence-electron chi connectivity index (χ3n) is 3.44. The van der Waals surface area contributed by atoms with Gasteiger partial charge in [-0.1, -0.05) is 50.5 Å². The lowest BCUT2D eigenvalue weighted by atomic mass is 9.78. The van der Waals surface area contributed by atoms with E-state index in [1.54, 1.807) is 18.2 Å². The quantitative estimate of drug-likeness (QED) is 0.649. The molecule has 0 spiro atoms. The van der Waals surface area contributed by atoms with Crippen LogP contribution < -0.4 is 11.1 Å². The molecule has 0 saturated carbocycles. The summed E-state index contributed by atoms with van der Waals surface area (Å²) in [5.74, 6) is -0.151. The third kappa shape index (κ3) is 4.41. The minimum atomic E-state index is -0.794. The molecule has 0 radical (unpaired) electrons. The van der Waals surface area contributed by atoms with Gasteiger partial charge in [-0.15, -0.1) is 0 Å². The number of halogens is 2. The Bertz CT molecular complexity index is 530. The van der Waals surface area contributed by atoms with Crippen LogP contribution in [-0.2, 0) is 4.79 Å². The molecular weight excluding hydrogens is 372 g/mol. The SMILES string of the molecule is CCCC(CCC)(C(=O)Nc1ccc(Cl)cc1Br)C(N)=S. The van der Waals surface area contributed by atoms with Crippen molar-refractivity contribution in [2.24, 2.45) is 11.1 Å². The van der Waals surface area contributed by atoms with Gasteiger partial charge < -0.3 is 11.1 Å². The second-order valence-corrected chi connectivity index (χ2v) is 6.76. The smallest absolute Gasteiger partial charge is 0.237 e. The van der Waals surface area contributed by atoms with Crippen LogP contribution in [0.2, 0.25) is 5.02 Å². The minimum absolute atomic E-state index is 0.151. The van der Waals surface area contributed by atoms with Crippen molar-refractivity contribution in [2.45, 2.75) is 39.5 Å². The molecule has 0 heterocycles. The monoisotopic (exact) mass is 390 g/mol. The molecule has 0 saturated heterocycles. The molecule has 116 valence electrons. The van der Waals surface area contributed by atoms with Gasteiger partial charge in [0, 0.05) is 9.50 Å². The predicted octanol–water partition coefficient (Wildman–Crippen LogP) is 4.91. The zero-order valence-corrected chi connectivity index (χ0v) is 15.4. The summed E-state index contributed by atoms with van der Waals surface area (Å²) in [6.45, 7) is 4.04. The average molecular weight is 392 g/mol. The van der Waals surface area contributed by atoms with Crippen LogP contribution in [0.15, 0.2) is 22.7 Å². The molecule has 0 aliphatic rings. The van der Waals surface area contributed by atoms with Crippen molar-refractivity contribution in [3.05, 3.63) is 27.7 Å². The fraction of sp³-hybridized carbons (Fsp3) is 0.467. The molecule has 0 bridgehead atoms. The molecule has 6 heteroatoms. The lowest BCUT2D eigenvalue weighted by Crippen LogP contribution is -2.46. The molecule has 0 aliphatic carbocycles. The number of thiocarbonyl (C=S) groups is 1. The summed E-state index contributed by atoms with van der Waals surface area (Å²) in [4.78, 5) is 13.0. The summed E-state index contributed by atoms with van der Waals surface area (Å²) < 4.78 is 0.730. The Kier molecular flexibility index (Phi) is 7.10. The molecule has 1 aromatic carbocycles. The maximum Gasteiger partial charge on any atom is 0.237 e. The van der Waals surface area contributed by atoms with Crippen LogP contribution in [0.1, 0.15) is 39.5 Å².